The number of carbonyl (C=O) groups excluding carboxylic acids is 2. The average molecular weight is 436 g/mol. The second kappa shape index (κ2) is 9.14. The molecule has 8 heteroatoms. The maximum atomic E-state index is 12.7. The van der Waals surface area contributed by atoms with Crippen LogP contribution in [0.4, 0.5) is 11.6 Å². The Morgan fingerprint density at radius 1 is 1.10 bits per heavy atom. The molecule has 3 N–H and O–H groups in total. The van der Waals surface area contributed by atoms with E-state index in [1.807, 2.05) is 30.3 Å². The zero-order chi connectivity index (χ0) is 21.8. The molecule has 2 heterocycles. The molecular weight excluding hydrogens is 414 g/mol. The van der Waals surface area contributed by atoms with E-state index in [9.17, 15) is 9.59 Å². The predicted molar refractivity (Wildman–Crippen MR) is 119 cm³/mol. The molecule has 0 saturated carbocycles. The van der Waals surface area contributed by atoms with Gasteiger partial charge >= 0.3 is 0 Å². The molecule has 1 aliphatic heterocycles. The number of rotatable bonds is 6. The van der Waals surface area contributed by atoms with Crippen LogP contribution in [0.5, 0.6) is 0 Å². The molecule has 0 radical (unpaired) electrons. The highest BCUT2D eigenvalue weighted by molar-refractivity contribution is 6.30. The van der Waals surface area contributed by atoms with Gasteiger partial charge in [0.2, 0.25) is 11.9 Å². The van der Waals surface area contributed by atoms with Gasteiger partial charge in [-0.05, 0) is 60.9 Å². The molecule has 4 rings (SSSR count). The first kappa shape index (κ1) is 20.8. The lowest BCUT2D eigenvalue weighted by atomic mass is 10.1. The van der Waals surface area contributed by atoms with Crippen molar-refractivity contribution < 1.29 is 9.59 Å². The van der Waals surface area contributed by atoms with Gasteiger partial charge in [-0.15, -0.1) is 0 Å². The number of amides is 2. The highest BCUT2D eigenvalue weighted by atomic mass is 35.5. The number of hydrogen-bond acceptors (Lipinski definition) is 5. The number of anilines is 2. The summed E-state index contributed by atoms with van der Waals surface area (Å²) in [6, 6.07) is 16.0. The minimum atomic E-state index is -0.526. The maximum Gasteiger partial charge on any atom is 0.254 e. The molecule has 2 amide bonds. The van der Waals surface area contributed by atoms with Gasteiger partial charge in [-0.2, -0.15) is 0 Å². The molecule has 1 atom stereocenters. The van der Waals surface area contributed by atoms with Gasteiger partial charge < -0.3 is 16.0 Å². The van der Waals surface area contributed by atoms with Crippen molar-refractivity contribution in [3.05, 3.63) is 82.6 Å². The topological polar surface area (TPSA) is 101 Å². The number of primary amides is 1. The van der Waals surface area contributed by atoms with E-state index in [1.54, 1.807) is 35.4 Å². The number of likely N-dealkylation sites (tertiary alicyclic amines) is 1. The van der Waals surface area contributed by atoms with Gasteiger partial charge in [0.05, 0.1) is 5.69 Å². The van der Waals surface area contributed by atoms with Gasteiger partial charge in [-0.1, -0.05) is 23.7 Å². The molecule has 1 unspecified atom stereocenters. The van der Waals surface area contributed by atoms with Gasteiger partial charge in [0.25, 0.3) is 5.91 Å². The summed E-state index contributed by atoms with van der Waals surface area (Å²) in [5, 5.41) is 3.86. The molecule has 1 saturated heterocycles. The van der Waals surface area contributed by atoms with E-state index in [1.165, 1.54) is 0 Å². The highest BCUT2D eigenvalue weighted by Crippen LogP contribution is 2.22. The van der Waals surface area contributed by atoms with E-state index in [0.29, 0.717) is 35.9 Å². The molecule has 31 heavy (non-hydrogen) atoms. The van der Waals surface area contributed by atoms with Crippen molar-refractivity contribution in [2.24, 2.45) is 5.73 Å². The molecule has 158 valence electrons. The average Bonchev–Trinajstić information content (AvgIpc) is 3.26. The van der Waals surface area contributed by atoms with E-state index in [4.69, 9.17) is 17.3 Å². The Morgan fingerprint density at radius 2 is 1.84 bits per heavy atom. The minimum Gasteiger partial charge on any atom is -0.368 e. The van der Waals surface area contributed by atoms with Crippen LogP contribution in [0.1, 0.15) is 34.5 Å². The number of aromatic nitrogens is 2. The molecule has 0 aliphatic carbocycles. The first-order valence-corrected chi connectivity index (χ1v) is 10.4. The Kier molecular flexibility index (Phi) is 6.13. The number of nitrogens with one attached hydrogen (secondary N) is 1. The summed E-state index contributed by atoms with van der Waals surface area (Å²) in [5.41, 5.74) is 8.66. The molecule has 0 spiro atoms. The molecule has 1 aliphatic rings. The van der Waals surface area contributed by atoms with Crippen molar-refractivity contribution in [2.45, 2.75) is 25.3 Å². The third kappa shape index (κ3) is 5.00. The van der Waals surface area contributed by atoms with Crippen LogP contribution in [0, 0.1) is 0 Å². The Bertz CT molecular complexity index is 1090. The second-order valence-corrected chi connectivity index (χ2v) is 7.87. The monoisotopic (exact) mass is 435 g/mol. The second-order valence-electron chi connectivity index (χ2n) is 7.44. The largest absolute Gasteiger partial charge is 0.368 e. The van der Waals surface area contributed by atoms with Crippen molar-refractivity contribution in [3.8, 4) is 0 Å². The van der Waals surface area contributed by atoms with Crippen LogP contribution in [0.15, 0.2) is 60.8 Å². The van der Waals surface area contributed by atoms with Gasteiger partial charge in [0.1, 0.15) is 6.04 Å². The van der Waals surface area contributed by atoms with Crippen LogP contribution in [0.2, 0.25) is 5.02 Å². The van der Waals surface area contributed by atoms with Gasteiger partial charge in [0.15, 0.2) is 0 Å². The van der Waals surface area contributed by atoms with Crippen LogP contribution in [-0.2, 0) is 11.2 Å². The molecular formula is C23H22ClN5O2. The van der Waals surface area contributed by atoms with Gasteiger partial charge in [0, 0.05) is 35.4 Å². The Balaban J connectivity index is 1.42. The summed E-state index contributed by atoms with van der Waals surface area (Å²) in [7, 11) is 0. The summed E-state index contributed by atoms with van der Waals surface area (Å²) in [4.78, 5) is 34.7. The Hall–Kier alpha value is -3.45. The first-order valence-electron chi connectivity index (χ1n) is 10.0. The summed E-state index contributed by atoms with van der Waals surface area (Å²) in [6.45, 7) is 0.542. The smallest absolute Gasteiger partial charge is 0.254 e. The molecule has 2 aromatic carbocycles. The Morgan fingerprint density at radius 3 is 2.55 bits per heavy atom. The minimum absolute atomic E-state index is 0.186. The van der Waals surface area contributed by atoms with E-state index in [-0.39, 0.29) is 5.91 Å². The van der Waals surface area contributed by atoms with Gasteiger partial charge in [-0.25, -0.2) is 9.97 Å². The van der Waals surface area contributed by atoms with Crippen LogP contribution >= 0.6 is 11.6 Å². The lowest BCUT2D eigenvalue weighted by Crippen LogP contribution is -2.43. The standard InChI is InChI=1S/C23H22ClN5O2/c24-17-7-3-15(4-8-17)14-19-11-12-26-23(28-19)27-18-9-5-16(6-10-18)22(31)29-13-1-2-20(29)21(25)30/h3-12,20H,1-2,13-14H2,(H2,25,30)(H,26,27,28). The molecule has 7 nitrogen and oxygen atoms in total. The number of nitrogens with zero attached hydrogens (tertiary/aromatic N) is 3. The van der Waals surface area contributed by atoms with Crippen molar-refractivity contribution >= 4 is 35.1 Å². The third-order valence-electron chi connectivity index (χ3n) is 5.24. The lowest BCUT2D eigenvalue weighted by molar-refractivity contribution is -0.121. The van der Waals surface area contributed by atoms with Crippen molar-refractivity contribution in [1.29, 1.82) is 0 Å². The summed E-state index contributed by atoms with van der Waals surface area (Å²) in [5.74, 6) is -0.173. The summed E-state index contributed by atoms with van der Waals surface area (Å²) in [6.07, 6.45) is 3.77. The van der Waals surface area contributed by atoms with E-state index < -0.39 is 11.9 Å². The van der Waals surface area contributed by atoms with E-state index in [0.717, 1.165) is 23.4 Å². The summed E-state index contributed by atoms with van der Waals surface area (Å²) >= 11 is 5.94. The van der Waals surface area contributed by atoms with E-state index in [2.05, 4.69) is 15.3 Å². The van der Waals surface area contributed by atoms with Crippen LogP contribution < -0.4 is 11.1 Å². The first-order chi connectivity index (χ1) is 15.0. The maximum absolute atomic E-state index is 12.7. The molecule has 3 aromatic rings. The number of halogens is 1. The lowest BCUT2D eigenvalue weighted by Gasteiger charge is -2.22. The Labute approximate surface area is 185 Å². The number of benzene rings is 2. The van der Waals surface area contributed by atoms with Crippen molar-refractivity contribution in [1.82, 2.24) is 14.9 Å². The van der Waals surface area contributed by atoms with Crippen molar-refractivity contribution in [2.75, 3.05) is 11.9 Å². The number of carbonyl (C=O) groups is 2. The molecule has 0 bridgehead atoms. The fourth-order valence-corrected chi connectivity index (χ4v) is 3.79. The van der Waals surface area contributed by atoms with Crippen LogP contribution in [0.3, 0.4) is 0 Å². The van der Waals surface area contributed by atoms with Gasteiger partial charge in [-0.3, -0.25) is 9.59 Å². The van der Waals surface area contributed by atoms with Crippen LogP contribution in [-0.4, -0.2) is 39.3 Å². The van der Waals surface area contributed by atoms with Crippen LogP contribution in [0.25, 0.3) is 0 Å². The van der Waals surface area contributed by atoms with Crippen molar-refractivity contribution in [3.63, 3.8) is 0 Å². The SMILES string of the molecule is NC(=O)C1CCCN1C(=O)c1ccc(Nc2nccc(Cc3ccc(Cl)cc3)n2)cc1. The van der Waals surface area contributed by atoms with E-state index >= 15 is 0 Å². The quantitative estimate of drug-likeness (QED) is 0.616. The number of hydrogen-bond donors (Lipinski definition) is 2. The third-order valence-corrected chi connectivity index (χ3v) is 5.49. The predicted octanol–water partition coefficient (Wildman–Crippen LogP) is 3.55. The fraction of sp³-hybridized carbons (Fsp3) is 0.217. The zero-order valence-corrected chi connectivity index (χ0v) is 17.5. The molecule has 1 aromatic heterocycles. The molecule has 1 fully saturated rings. The highest BCUT2D eigenvalue weighted by Gasteiger charge is 2.33. The number of nitrogens with two attached hydrogens (primary N) is 1. The summed E-state index contributed by atoms with van der Waals surface area (Å²) < 4.78 is 0. The normalized spacial score (nSPS) is 15.6. The zero-order valence-electron chi connectivity index (χ0n) is 16.8. The fourth-order valence-electron chi connectivity index (χ4n) is 3.66.